The molecule has 0 amide bonds. The van der Waals surface area contributed by atoms with Crippen molar-refractivity contribution in [1.82, 2.24) is 0 Å². The fourth-order valence-electron chi connectivity index (χ4n) is 0.449. The van der Waals surface area contributed by atoms with Gasteiger partial charge in [0.2, 0.25) is 0 Å². The summed E-state index contributed by atoms with van der Waals surface area (Å²) < 4.78 is 12.0. The highest BCUT2D eigenvalue weighted by atomic mass is 19.1. The minimum absolute atomic E-state index is 0.0574. The van der Waals surface area contributed by atoms with Crippen LogP contribution < -0.4 is 0 Å². The molecule has 0 unspecified atom stereocenters. The van der Waals surface area contributed by atoms with E-state index in [4.69, 9.17) is 5.02 Å². The number of allylic oxidation sites excluding steroid dienone is 2. The molecule has 0 aromatic rings. The molecule has 0 aliphatic heterocycles. The van der Waals surface area contributed by atoms with Gasteiger partial charge in [-0.2, -0.15) is 9.30 Å². The van der Waals surface area contributed by atoms with Crippen molar-refractivity contribution in [3.8, 4) is 0 Å². The molecule has 0 saturated carbocycles. The molecular weight excluding hydrogens is 162 g/mol. The number of hydrogen-bond donors (Lipinski definition) is 1. The Balaban J connectivity index is 4.54. The molecule has 0 spiro atoms. The Kier molecular flexibility index (Phi) is 4.79. The molecule has 0 heterocycles. The van der Waals surface area contributed by atoms with Crippen LogP contribution in [0.15, 0.2) is 34.4 Å². The van der Waals surface area contributed by atoms with E-state index in [2.05, 4.69) is 16.7 Å². The van der Waals surface area contributed by atoms with Crippen molar-refractivity contribution in [3.63, 3.8) is 0 Å². The third-order valence-corrected chi connectivity index (χ3v) is 1.03. The van der Waals surface area contributed by atoms with Gasteiger partial charge >= 0.3 is 7.05 Å². The minimum atomic E-state index is -1.54. The average molecular weight is 170 g/mol. The lowest BCUT2D eigenvalue weighted by molar-refractivity contribution is 0.583. The Bertz CT molecular complexity index is 236. The lowest BCUT2D eigenvalue weighted by Gasteiger charge is -1.93. The molecule has 4 nitrogen and oxygen atoms in total. The molecule has 0 radical (unpaired) electrons. The average Bonchev–Trinajstić information content (AvgIpc) is 2.04. The molecule has 12 heavy (non-hydrogen) atoms. The first-order valence-electron chi connectivity index (χ1n) is 3.14. The van der Waals surface area contributed by atoms with Crippen LogP contribution in [-0.2, 0) is 0 Å². The molecule has 0 aliphatic rings. The van der Waals surface area contributed by atoms with Crippen LogP contribution in [0.25, 0.3) is 0 Å². The number of hydrogen-bond acceptors (Lipinski definition) is 4. The van der Waals surface area contributed by atoms with Crippen LogP contribution in [0.3, 0.4) is 0 Å². The molecule has 6 heteroatoms. The maximum Gasteiger partial charge on any atom is 0.519 e. The van der Waals surface area contributed by atoms with Gasteiger partial charge in [-0.1, -0.05) is 17.7 Å². The van der Waals surface area contributed by atoms with Gasteiger partial charge in [0, 0.05) is 13.1 Å². The Labute approximate surface area is 69.6 Å². The van der Waals surface area contributed by atoms with Gasteiger partial charge < -0.3 is 5.02 Å². The van der Waals surface area contributed by atoms with Gasteiger partial charge in [0.15, 0.2) is 5.97 Å². The van der Waals surface area contributed by atoms with E-state index in [0.717, 1.165) is 13.1 Å². The Morgan fingerprint density at radius 3 is 2.67 bits per heavy atom. The quantitative estimate of drug-likeness (QED) is 0.298. The van der Waals surface area contributed by atoms with E-state index >= 15 is 0 Å². The van der Waals surface area contributed by atoms with Crippen molar-refractivity contribution >= 4 is 13.0 Å². The summed E-state index contributed by atoms with van der Waals surface area (Å²) in [6.45, 7) is 4.43. The molecule has 0 aromatic carbocycles. The lowest BCUT2D eigenvalue weighted by atomic mass is 9.75. The number of aliphatic imine (C=N–C) groups is 1. The summed E-state index contributed by atoms with van der Waals surface area (Å²) in [4.78, 5) is 13.0. The van der Waals surface area contributed by atoms with Crippen LogP contribution in [-0.4, -0.2) is 18.0 Å². The molecule has 0 rings (SSSR count). The number of nitroso groups, excluding NO2 is 1. The molecular formula is C6H8BFN2O2. The molecule has 0 fully saturated rings. The van der Waals surface area contributed by atoms with E-state index in [9.17, 15) is 9.30 Å². The van der Waals surface area contributed by atoms with Crippen molar-refractivity contribution in [2.24, 2.45) is 10.1 Å². The van der Waals surface area contributed by atoms with Gasteiger partial charge in [0.25, 0.3) is 0 Å². The number of halogens is 1. The maximum atomic E-state index is 12.0. The van der Waals surface area contributed by atoms with Crippen molar-refractivity contribution in [2.75, 3.05) is 0 Å². The summed E-state index contributed by atoms with van der Waals surface area (Å²) in [7, 11) is -1.54. The predicted octanol–water partition coefficient (Wildman–Crippen LogP) is 1.23. The zero-order valence-corrected chi connectivity index (χ0v) is 6.57. The highest BCUT2D eigenvalue weighted by Crippen LogP contribution is 2.01. The summed E-state index contributed by atoms with van der Waals surface area (Å²) in [5.41, 5.74) is 0.0574. The normalized spacial score (nSPS) is 12.6. The standard InChI is InChI=1S/C6H8BFN2O2/c1-3-6(7(11)10-12)4-9-5(2)8/h3-4,11H,1H2,2H3/b6-4+,9-5+. The van der Waals surface area contributed by atoms with Gasteiger partial charge in [0.1, 0.15) is 0 Å². The van der Waals surface area contributed by atoms with Crippen LogP contribution in [0.2, 0.25) is 0 Å². The van der Waals surface area contributed by atoms with Gasteiger partial charge in [-0.3, -0.25) is 0 Å². The summed E-state index contributed by atoms with van der Waals surface area (Å²) in [5, 5.41) is 11.1. The van der Waals surface area contributed by atoms with Gasteiger partial charge in [-0.15, -0.1) is 0 Å². The van der Waals surface area contributed by atoms with Crippen molar-refractivity contribution in [3.05, 3.63) is 29.2 Å². The van der Waals surface area contributed by atoms with Crippen LogP contribution >= 0.6 is 0 Å². The second-order valence-electron chi connectivity index (χ2n) is 1.94. The van der Waals surface area contributed by atoms with E-state index in [1.54, 1.807) is 0 Å². The summed E-state index contributed by atoms with van der Waals surface area (Å²) in [5.74, 6) is -0.674. The van der Waals surface area contributed by atoms with Gasteiger partial charge in [-0.25, -0.2) is 4.99 Å². The first-order chi connectivity index (χ1) is 5.61. The third-order valence-electron chi connectivity index (χ3n) is 1.03. The molecule has 1 N–H and O–H groups in total. The fraction of sp³-hybridized carbons (Fsp3) is 0.167. The fourth-order valence-corrected chi connectivity index (χ4v) is 0.449. The van der Waals surface area contributed by atoms with E-state index < -0.39 is 13.0 Å². The van der Waals surface area contributed by atoms with Crippen molar-refractivity contribution < 1.29 is 9.41 Å². The summed E-state index contributed by atoms with van der Waals surface area (Å²) in [6.07, 6.45) is 2.17. The first kappa shape index (κ1) is 10.7. The molecule has 0 aliphatic carbocycles. The van der Waals surface area contributed by atoms with Crippen LogP contribution in [0.4, 0.5) is 4.39 Å². The second kappa shape index (κ2) is 5.37. The van der Waals surface area contributed by atoms with E-state index in [1.807, 2.05) is 0 Å². The second-order valence-corrected chi connectivity index (χ2v) is 1.94. The van der Waals surface area contributed by atoms with Crippen LogP contribution in [0, 0.1) is 4.91 Å². The largest absolute Gasteiger partial charge is 0.519 e. The Hall–Kier alpha value is -1.30. The maximum absolute atomic E-state index is 12.0. The van der Waals surface area contributed by atoms with Crippen LogP contribution in [0.1, 0.15) is 6.92 Å². The molecule has 0 atom stereocenters. The SMILES string of the molecule is C=C/C(=C\N=C(/C)F)B(O)N=O. The first-order valence-corrected chi connectivity index (χ1v) is 3.14. The topological polar surface area (TPSA) is 62.0 Å². The van der Waals surface area contributed by atoms with Crippen molar-refractivity contribution in [2.45, 2.75) is 6.92 Å². The third kappa shape index (κ3) is 3.77. The minimum Gasteiger partial charge on any atom is -0.425 e. The molecule has 0 aromatic heterocycles. The lowest BCUT2D eigenvalue weighted by Crippen LogP contribution is -2.10. The monoisotopic (exact) mass is 170 g/mol. The zero-order chi connectivity index (χ0) is 9.56. The highest BCUT2D eigenvalue weighted by molar-refractivity contribution is 6.57. The van der Waals surface area contributed by atoms with E-state index in [1.165, 1.54) is 6.08 Å². The summed E-state index contributed by atoms with van der Waals surface area (Å²) >= 11 is 0. The van der Waals surface area contributed by atoms with Crippen LogP contribution in [0.5, 0.6) is 0 Å². The summed E-state index contributed by atoms with van der Waals surface area (Å²) in [6, 6.07) is 0. The molecule has 0 bridgehead atoms. The van der Waals surface area contributed by atoms with E-state index in [0.29, 0.717) is 0 Å². The number of nitrogens with zero attached hydrogens (tertiary/aromatic N) is 2. The predicted molar refractivity (Wildman–Crippen MR) is 46.3 cm³/mol. The van der Waals surface area contributed by atoms with E-state index in [-0.39, 0.29) is 5.47 Å². The number of rotatable bonds is 4. The highest BCUT2D eigenvalue weighted by Gasteiger charge is 2.15. The molecule has 0 saturated heterocycles. The van der Waals surface area contributed by atoms with Gasteiger partial charge in [0.05, 0.1) is 0 Å². The van der Waals surface area contributed by atoms with Crippen molar-refractivity contribution in [1.29, 1.82) is 0 Å². The smallest absolute Gasteiger partial charge is 0.425 e. The van der Waals surface area contributed by atoms with Gasteiger partial charge in [-0.05, 0) is 5.47 Å². The molecule has 64 valence electrons. The zero-order valence-electron chi connectivity index (χ0n) is 6.57. The Morgan fingerprint density at radius 1 is 1.75 bits per heavy atom. The Morgan fingerprint density at radius 2 is 2.33 bits per heavy atom.